The second-order valence-electron chi connectivity index (χ2n) is 7.29. The Balaban J connectivity index is 1.21. The van der Waals surface area contributed by atoms with Crippen LogP contribution in [0.4, 0.5) is 0 Å². The summed E-state index contributed by atoms with van der Waals surface area (Å²) in [5.41, 5.74) is 2.36. The van der Waals surface area contributed by atoms with Crippen LogP contribution in [0, 0.1) is 0 Å². The third kappa shape index (κ3) is 4.39. The summed E-state index contributed by atoms with van der Waals surface area (Å²) in [5.74, 6) is 3.00. The highest BCUT2D eigenvalue weighted by molar-refractivity contribution is 5.78. The summed E-state index contributed by atoms with van der Waals surface area (Å²) in [7, 11) is 1.69. The number of ether oxygens (including phenoxy) is 3. The Morgan fingerprint density at radius 2 is 1.86 bits per heavy atom. The maximum Gasteiger partial charge on any atom is 0.234 e. The number of nitrogens with one attached hydrogen (secondary N) is 1. The predicted octanol–water partition coefficient (Wildman–Crippen LogP) is 2.92. The lowest BCUT2D eigenvalue weighted by atomic mass is 9.89. The smallest absolute Gasteiger partial charge is 0.234 e. The van der Waals surface area contributed by atoms with Crippen LogP contribution in [0.25, 0.3) is 0 Å². The maximum atomic E-state index is 12.3. The minimum absolute atomic E-state index is 0.0561. The number of piperidine rings is 1. The van der Waals surface area contributed by atoms with E-state index in [9.17, 15) is 4.79 Å². The van der Waals surface area contributed by atoms with E-state index in [1.807, 2.05) is 30.3 Å². The molecule has 1 amide bonds. The summed E-state index contributed by atoms with van der Waals surface area (Å²) in [6.45, 7) is 3.08. The molecule has 0 spiro atoms. The van der Waals surface area contributed by atoms with Gasteiger partial charge in [-0.25, -0.2) is 0 Å². The number of amides is 1. The third-order valence-corrected chi connectivity index (χ3v) is 5.47. The summed E-state index contributed by atoms with van der Waals surface area (Å²) in [6.07, 6.45) is 2.14. The van der Waals surface area contributed by atoms with Crippen molar-refractivity contribution in [3.63, 3.8) is 0 Å². The van der Waals surface area contributed by atoms with Crippen LogP contribution in [0.2, 0.25) is 0 Å². The van der Waals surface area contributed by atoms with E-state index in [0.717, 1.165) is 48.7 Å². The zero-order valence-electron chi connectivity index (χ0n) is 16.1. The monoisotopic (exact) mass is 382 g/mol. The van der Waals surface area contributed by atoms with E-state index in [2.05, 4.69) is 22.3 Å². The molecule has 2 aromatic rings. The van der Waals surface area contributed by atoms with Crippen LogP contribution in [0.15, 0.2) is 42.5 Å². The van der Waals surface area contributed by atoms with Crippen LogP contribution in [0.5, 0.6) is 17.2 Å². The van der Waals surface area contributed by atoms with Crippen molar-refractivity contribution in [3.05, 3.63) is 53.6 Å². The van der Waals surface area contributed by atoms with E-state index >= 15 is 0 Å². The molecule has 0 aromatic heterocycles. The van der Waals surface area contributed by atoms with Gasteiger partial charge in [0.25, 0.3) is 0 Å². The van der Waals surface area contributed by atoms with Gasteiger partial charge in [0.15, 0.2) is 11.5 Å². The molecule has 0 bridgehead atoms. The number of rotatable bonds is 6. The van der Waals surface area contributed by atoms with Crippen molar-refractivity contribution in [2.45, 2.75) is 25.3 Å². The third-order valence-electron chi connectivity index (χ3n) is 5.47. The number of methoxy groups -OCH3 is 1. The van der Waals surface area contributed by atoms with Gasteiger partial charge < -0.3 is 19.5 Å². The molecule has 2 heterocycles. The lowest BCUT2D eigenvalue weighted by Crippen LogP contribution is -2.41. The van der Waals surface area contributed by atoms with Crippen molar-refractivity contribution in [2.24, 2.45) is 0 Å². The lowest BCUT2D eigenvalue weighted by molar-refractivity contribution is -0.122. The number of fused-ring (bicyclic) bond motifs is 1. The molecule has 0 saturated carbocycles. The minimum Gasteiger partial charge on any atom is -0.497 e. The van der Waals surface area contributed by atoms with Crippen LogP contribution in [0.3, 0.4) is 0 Å². The molecule has 1 saturated heterocycles. The summed E-state index contributed by atoms with van der Waals surface area (Å²) < 4.78 is 15.9. The number of nitrogens with zero attached hydrogens (tertiary/aromatic N) is 1. The van der Waals surface area contributed by atoms with Crippen LogP contribution in [-0.4, -0.2) is 44.3 Å². The van der Waals surface area contributed by atoms with Gasteiger partial charge in [0.2, 0.25) is 12.7 Å². The highest BCUT2D eigenvalue weighted by Crippen LogP contribution is 2.32. The van der Waals surface area contributed by atoms with Gasteiger partial charge in [-0.15, -0.1) is 0 Å². The molecule has 0 unspecified atom stereocenters. The number of hydrogen-bond acceptors (Lipinski definition) is 5. The normalized spacial score (nSPS) is 16.8. The highest BCUT2D eigenvalue weighted by atomic mass is 16.7. The summed E-state index contributed by atoms with van der Waals surface area (Å²) in [4.78, 5) is 14.5. The lowest BCUT2D eigenvalue weighted by Gasteiger charge is -2.31. The quantitative estimate of drug-likeness (QED) is 0.832. The van der Waals surface area contributed by atoms with Crippen molar-refractivity contribution in [1.29, 1.82) is 0 Å². The maximum absolute atomic E-state index is 12.3. The van der Waals surface area contributed by atoms with Gasteiger partial charge in [0.05, 0.1) is 13.7 Å². The van der Waals surface area contributed by atoms with E-state index < -0.39 is 0 Å². The number of carbonyl (C=O) groups excluding carboxylic acids is 1. The van der Waals surface area contributed by atoms with Crippen molar-refractivity contribution >= 4 is 5.91 Å². The van der Waals surface area contributed by atoms with Gasteiger partial charge in [0.1, 0.15) is 5.75 Å². The average molecular weight is 382 g/mol. The molecule has 1 fully saturated rings. The van der Waals surface area contributed by atoms with Gasteiger partial charge in [-0.1, -0.05) is 18.2 Å². The molecule has 0 atom stereocenters. The summed E-state index contributed by atoms with van der Waals surface area (Å²) in [6, 6.07) is 14.1. The molecule has 148 valence electrons. The Morgan fingerprint density at radius 1 is 1.11 bits per heavy atom. The molecule has 28 heavy (non-hydrogen) atoms. The summed E-state index contributed by atoms with van der Waals surface area (Å²) in [5, 5.41) is 3.00. The number of carbonyl (C=O) groups is 1. The Bertz CT molecular complexity index is 814. The van der Waals surface area contributed by atoms with E-state index in [1.165, 1.54) is 5.56 Å². The average Bonchev–Trinajstić information content (AvgIpc) is 3.21. The molecule has 2 aliphatic rings. The molecule has 1 N–H and O–H groups in total. The first-order valence-electron chi connectivity index (χ1n) is 9.73. The van der Waals surface area contributed by atoms with Crippen molar-refractivity contribution in [1.82, 2.24) is 10.2 Å². The SMILES string of the molecule is COc1ccc(C2CCN(CC(=O)NCc3ccc4c(c3)OCO4)CC2)cc1. The van der Waals surface area contributed by atoms with Crippen LogP contribution >= 0.6 is 0 Å². The zero-order chi connectivity index (χ0) is 19.3. The van der Waals surface area contributed by atoms with Crippen LogP contribution < -0.4 is 19.5 Å². The van der Waals surface area contributed by atoms with Crippen molar-refractivity contribution in [2.75, 3.05) is 33.5 Å². The Morgan fingerprint density at radius 3 is 2.61 bits per heavy atom. The molecule has 4 rings (SSSR count). The van der Waals surface area contributed by atoms with Crippen molar-refractivity contribution < 1.29 is 19.0 Å². The van der Waals surface area contributed by atoms with Crippen LogP contribution in [0.1, 0.15) is 29.9 Å². The molecule has 0 radical (unpaired) electrons. The Labute approximate surface area is 165 Å². The first-order valence-corrected chi connectivity index (χ1v) is 9.73. The molecule has 6 nitrogen and oxygen atoms in total. The molecular weight excluding hydrogens is 356 g/mol. The van der Waals surface area contributed by atoms with E-state index in [0.29, 0.717) is 19.0 Å². The van der Waals surface area contributed by atoms with E-state index in [4.69, 9.17) is 14.2 Å². The van der Waals surface area contributed by atoms with Crippen molar-refractivity contribution in [3.8, 4) is 17.2 Å². The van der Waals surface area contributed by atoms with Crippen LogP contribution in [-0.2, 0) is 11.3 Å². The Kier molecular flexibility index (Phi) is 5.67. The fourth-order valence-corrected chi connectivity index (χ4v) is 3.81. The highest BCUT2D eigenvalue weighted by Gasteiger charge is 2.22. The molecule has 2 aliphatic heterocycles. The first-order chi connectivity index (χ1) is 13.7. The second kappa shape index (κ2) is 8.52. The first kappa shape index (κ1) is 18.6. The fraction of sp³-hybridized carbons (Fsp3) is 0.409. The summed E-state index contributed by atoms with van der Waals surface area (Å²) >= 11 is 0. The van der Waals surface area contributed by atoms with Gasteiger partial charge in [-0.2, -0.15) is 0 Å². The topological polar surface area (TPSA) is 60.0 Å². The second-order valence-corrected chi connectivity index (χ2v) is 7.29. The van der Waals surface area contributed by atoms with Gasteiger partial charge in [0, 0.05) is 6.54 Å². The largest absolute Gasteiger partial charge is 0.497 e. The van der Waals surface area contributed by atoms with Gasteiger partial charge in [-0.3, -0.25) is 9.69 Å². The zero-order valence-corrected chi connectivity index (χ0v) is 16.1. The minimum atomic E-state index is 0.0561. The predicted molar refractivity (Wildman–Crippen MR) is 106 cm³/mol. The molecular formula is C22H26N2O4. The number of hydrogen-bond donors (Lipinski definition) is 1. The molecule has 6 heteroatoms. The van der Waals surface area contributed by atoms with E-state index in [1.54, 1.807) is 7.11 Å². The van der Waals surface area contributed by atoms with E-state index in [-0.39, 0.29) is 12.7 Å². The number of likely N-dealkylation sites (tertiary alicyclic amines) is 1. The fourth-order valence-electron chi connectivity index (χ4n) is 3.81. The molecule has 2 aromatic carbocycles. The Hall–Kier alpha value is -2.73. The standard InChI is InChI=1S/C22H26N2O4/c1-26-19-5-3-17(4-6-19)18-8-10-24(11-9-18)14-22(25)23-13-16-2-7-20-21(12-16)28-15-27-20/h2-7,12,18H,8-11,13-15H2,1H3,(H,23,25). The molecule has 0 aliphatic carbocycles. The number of benzene rings is 2. The van der Waals surface area contributed by atoms with Gasteiger partial charge in [-0.05, 0) is 67.2 Å². The van der Waals surface area contributed by atoms with Gasteiger partial charge >= 0.3 is 0 Å².